The average Bonchev–Trinajstić information content (AvgIpc) is 2.34. The number of ether oxygens (including phenoxy) is 1. The van der Waals surface area contributed by atoms with E-state index in [-0.39, 0.29) is 6.61 Å². The monoisotopic (exact) mass is 230 g/mol. The van der Waals surface area contributed by atoms with E-state index < -0.39 is 0 Å². The molecule has 0 aromatic carbocycles. The highest BCUT2D eigenvalue weighted by Gasteiger charge is 2.23. The molecule has 0 aliphatic carbocycles. The lowest BCUT2D eigenvalue weighted by atomic mass is 9.91. The molecule has 2 unspecified atom stereocenters. The molecule has 4 nitrogen and oxygen atoms in total. The fourth-order valence-electron chi connectivity index (χ4n) is 2.36. The van der Waals surface area contributed by atoms with Crippen LogP contribution in [-0.4, -0.2) is 43.6 Å². The topological polar surface area (TPSA) is 67.5 Å². The minimum atomic E-state index is 0.274. The van der Waals surface area contributed by atoms with Gasteiger partial charge in [0, 0.05) is 38.4 Å². The molecule has 0 spiro atoms. The van der Waals surface area contributed by atoms with Crippen LogP contribution in [0.25, 0.3) is 0 Å². The number of aliphatic hydroxyl groups excluding tert-OH is 1. The summed E-state index contributed by atoms with van der Waals surface area (Å²) in [4.78, 5) is 0. The van der Waals surface area contributed by atoms with E-state index in [2.05, 4.69) is 12.2 Å². The summed E-state index contributed by atoms with van der Waals surface area (Å²) in [7, 11) is 0. The Balaban J connectivity index is 2.29. The molecule has 0 aromatic heterocycles. The van der Waals surface area contributed by atoms with Crippen LogP contribution in [0.1, 0.15) is 32.6 Å². The maximum absolute atomic E-state index is 8.79. The minimum Gasteiger partial charge on any atom is -0.396 e. The molecule has 96 valence electrons. The van der Waals surface area contributed by atoms with Crippen LogP contribution >= 0.6 is 0 Å². The fraction of sp³-hybridized carbons (Fsp3) is 1.00. The van der Waals surface area contributed by atoms with Crippen molar-refractivity contribution >= 4 is 0 Å². The molecule has 1 heterocycles. The molecule has 0 amide bonds. The van der Waals surface area contributed by atoms with Gasteiger partial charge in [-0.25, -0.2) is 0 Å². The zero-order valence-corrected chi connectivity index (χ0v) is 10.3. The van der Waals surface area contributed by atoms with Crippen LogP contribution in [0.2, 0.25) is 0 Å². The average molecular weight is 230 g/mol. The summed E-state index contributed by atoms with van der Waals surface area (Å²) in [5, 5.41) is 12.4. The highest BCUT2D eigenvalue weighted by Crippen LogP contribution is 2.19. The number of nitrogens with one attached hydrogen (secondary N) is 1. The highest BCUT2D eigenvalue weighted by atomic mass is 16.5. The standard InChI is InChI=1S/C12H26N2O2/c1-10(3-2-6-15)14-12(9-13)11-4-7-16-8-5-11/h10-12,14-15H,2-9,13H2,1H3. The largest absolute Gasteiger partial charge is 0.396 e. The third-order valence-corrected chi connectivity index (χ3v) is 3.38. The predicted molar refractivity (Wildman–Crippen MR) is 65.3 cm³/mol. The summed E-state index contributed by atoms with van der Waals surface area (Å²) in [6, 6.07) is 0.834. The number of hydrogen-bond acceptors (Lipinski definition) is 4. The van der Waals surface area contributed by atoms with Crippen molar-refractivity contribution in [3.63, 3.8) is 0 Å². The van der Waals surface area contributed by atoms with Gasteiger partial charge < -0.3 is 20.9 Å². The molecule has 2 atom stereocenters. The van der Waals surface area contributed by atoms with Crippen LogP contribution in [0, 0.1) is 5.92 Å². The number of hydrogen-bond donors (Lipinski definition) is 3. The molecule has 0 bridgehead atoms. The van der Waals surface area contributed by atoms with Crippen molar-refractivity contribution in [3.8, 4) is 0 Å². The van der Waals surface area contributed by atoms with E-state index >= 15 is 0 Å². The lowest BCUT2D eigenvalue weighted by molar-refractivity contribution is 0.0531. The first-order valence-electron chi connectivity index (χ1n) is 6.42. The summed E-state index contributed by atoms with van der Waals surface area (Å²) in [5.74, 6) is 0.648. The third kappa shape index (κ3) is 4.78. The smallest absolute Gasteiger partial charge is 0.0469 e. The summed E-state index contributed by atoms with van der Waals surface area (Å²) in [6.45, 7) is 4.87. The van der Waals surface area contributed by atoms with Gasteiger partial charge >= 0.3 is 0 Å². The normalized spacial score (nSPS) is 21.9. The van der Waals surface area contributed by atoms with E-state index in [1.165, 1.54) is 0 Å². The maximum atomic E-state index is 8.79. The Morgan fingerprint density at radius 3 is 2.69 bits per heavy atom. The van der Waals surface area contributed by atoms with E-state index in [9.17, 15) is 0 Å². The van der Waals surface area contributed by atoms with Gasteiger partial charge in [0.25, 0.3) is 0 Å². The summed E-state index contributed by atoms with van der Waals surface area (Å²) >= 11 is 0. The molecular weight excluding hydrogens is 204 g/mol. The molecule has 0 aromatic rings. The van der Waals surface area contributed by atoms with Crippen molar-refractivity contribution < 1.29 is 9.84 Å². The minimum absolute atomic E-state index is 0.274. The lowest BCUT2D eigenvalue weighted by Gasteiger charge is -2.32. The van der Waals surface area contributed by atoms with Gasteiger partial charge in [-0.1, -0.05) is 0 Å². The molecule has 0 saturated carbocycles. The van der Waals surface area contributed by atoms with Crippen LogP contribution in [0.5, 0.6) is 0 Å². The van der Waals surface area contributed by atoms with Crippen LogP contribution in [0.15, 0.2) is 0 Å². The Bertz CT molecular complexity index is 172. The molecule has 4 heteroatoms. The van der Waals surface area contributed by atoms with Gasteiger partial charge in [-0.05, 0) is 38.5 Å². The van der Waals surface area contributed by atoms with Crippen molar-refractivity contribution in [2.75, 3.05) is 26.4 Å². The molecule has 4 N–H and O–H groups in total. The summed E-state index contributed by atoms with van der Waals surface area (Å²) < 4.78 is 5.36. The number of aliphatic hydroxyl groups is 1. The van der Waals surface area contributed by atoms with Gasteiger partial charge in [-0.2, -0.15) is 0 Å². The summed E-state index contributed by atoms with van der Waals surface area (Å²) in [5.41, 5.74) is 5.83. The molecule has 16 heavy (non-hydrogen) atoms. The molecule has 1 rings (SSSR count). The van der Waals surface area contributed by atoms with Gasteiger partial charge in [0.05, 0.1) is 0 Å². The molecule has 1 fully saturated rings. The van der Waals surface area contributed by atoms with E-state index in [0.717, 1.165) is 38.9 Å². The molecule has 1 saturated heterocycles. The molecule has 1 aliphatic rings. The quantitative estimate of drug-likeness (QED) is 0.595. The highest BCUT2D eigenvalue weighted by molar-refractivity contribution is 4.81. The summed E-state index contributed by atoms with van der Waals surface area (Å²) in [6.07, 6.45) is 4.10. The first kappa shape index (κ1) is 13.9. The van der Waals surface area contributed by atoms with Crippen molar-refractivity contribution in [2.45, 2.75) is 44.7 Å². The molecule has 1 aliphatic heterocycles. The van der Waals surface area contributed by atoms with Gasteiger partial charge in [-0.15, -0.1) is 0 Å². The van der Waals surface area contributed by atoms with E-state index in [4.69, 9.17) is 15.6 Å². The van der Waals surface area contributed by atoms with Crippen molar-refractivity contribution in [1.29, 1.82) is 0 Å². The van der Waals surface area contributed by atoms with Gasteiger partial charge in [0.15, 0.2) is 0 Å². The van der Waals surface area contributed by atoms with Gasteiger partial charge in [0.1, 0.15) is 0 Å². The van der Waals surface area contributed by atoms with Crippen LogP contribution in [0.4, 0.5) is 0 Å². The fourth-order valence-corrected chi connectivity index (χ4v) is 2.36. The molecule has 0 radical (unpaired) electrons. The van der Waals surface area contributed by atoms with Crippen LogP contribution in [0.3, 0.4) is 0 Å². The van der Waals surface area contributed by atoms with Crippen molar-refractivity contribution in [1.82, 2.24) is 5.32 Å². The zero-order valence-electron chi connectivity index (χ0n) is 10.3. The number of rotatable bonds is 7. The Kier molecular flexibility index (Phi) is 6.96. The van der Waals surface area contributed by atoms with E-state index in [1.807, 2.05) is 0 Å². The Morgan fingerprint density at radius 1 is 1.44 bits per heavy atom. The second-order valence-electron chi connectivity index (χ2n) is 4.73. The van der Waals surface area contributed by atoms with Crippen LogP contribution < -0.4 is 11.1 Å². The SMILES string of the molecule is CC(CCCO)NC(CN)C1CCOCC1. The maximum Gasteiger partial charge on any atom is 0.0469 e. The lowest BCUT2D eigenvalue weighted by Crippen LogP contribution is -2.47. The predicted octanol–water partition coefficient (Wildman–Crippen LogP) is 0.491. The Labute approximate surface area is 98.5 Å². The second-order valence-corrected chi connectivity index (χ2v) is 4.73. The Hall–Kier alpha value is -0.160. The molecular formula is C12H26N2O2. The van der Waals surface area contributed by atoms with E-state index in [1.54, 1.807) is 0 Å². The first-order valence-corrected chi connectivity index (χ1v) is 6.42. The zero-order chi connectivity index (χ0) is 11.8. The first-order chi connectivity index (χ1) is 7.77. The van der Waals surface area contributed by atoms with Crippen molar-refractivity contribution in [2.24, 2.45) is 11.7 Å². The van der Waals surface area contributed by atoms with Crippen LogP contribution in [-0.2, 0) is 4.74 Å². The van der Waals surface area contributed by atoms with E-state index in [0.29, 0.717) is 24.5 Å². The second kappa shape index (κ2) is 8.01. The third-order valence-electron chi connectivity index (χ3n) is 3.38. The van der Waals surface area contributed by atoms with Gasteiger partial charge in [-0.3, -0.25) is 0 Å². The van der Waals surface area contributed by atoms with Crippen molar-refractivity contribution in [3.05, 3.63) is 0 Å². The Morgan fingerprint density at radius 2 is 2.12 bits per heavy atom. The van der Waals surface area contributed by atoms with Gasteiger partial charge in [0.2, 0.25) is 0 Å². The number of nitrogens with two attached hydrogens (primary N) is 1.